The Hall–Kier alpha value is 1.08. The minimum Gasteiger partial charge on any atom is -0.0978 e. The molecule has 0 nitrogen and oxygen atoms in total. The molecule has 0 unspecified atom stereocenters. The van der Waals surface area contributed by atoms with Crippen molar-refractivity contribution in [3.8, 4) is 0 Å². The minimum absolute atomic E-state index is 0.970. The number of hydrogen-bond acceptors (Lipinski definition) is 1. The van der Waals surface area contributed by atoms with Crippen molar-refractivity contribution >= 4 is 34.0 Å². The topological polar surface area (TPSA) is 0 Å². The molecule has 0 radical (unpaired) electrons. The first-order valence-electron chi connectivity index (χ1n) is 7.06. The Morgan fingerprint density at radius 3 is 1.29 bits per heavy atom. The van der Waals surface area contributed by atoms with Crippen molar-refractivity contribution in [1.82, 2.24) is 0 Å². The first kappa shape index (κ1) is 18.1. The zero-order chi connectivity index (χ0) is 13.9. The second-order valence-electron chi connectivity index (χ2n) is 7.53. The van der Waals surface area contributed by atoms with Crippen molar-refractivity contribution in [3.63, 3.8) is 0 Å². The van der Waals surface area contributed by atoms with Crippen LogP contribution < -0.4 is 0 Å². The predicted molar refractivity (Wildman–Crippen MR) is 95.1 cm³/mol. The van der Waals surface area contributed by atoms with Crippen molar-refractivity contribution in [3.05, 3.63) is 0 Å². The van der Waals surface area contributed by atoms with Crippen LogP contribution in [0.5, 0.6) is 0 Å². The van der Waals surface area contributed by atoms with Crippen LogP contribution in [0.25, 0.3) is 0 Å². The molecule has 0 aromatic heterocycles. The first-order valence-corrected chi connectivity index (χ1v) is 17.5. The Labute approximate surface area is 117 Å². The third-order valence-electron chi connectivity index (χ3n) is 3.32. The molecule has 0 aliphatic rings. The van der Waals surface area contributed by atoms with E-state index in [1.54, 1.807) is 0 Å². The summed E-state index contributed by atoms with van der Waals surface area (Å²) >= 11 is 6.30. The van der Waals surface area contributed by atoms with Gasteiger partial charge in [-0.05, 0) is 23.3 Å². The van der Waals surface area contributed by atoms with Gasteiger partial charge < -0.3 is 0 Å². The SMILES string of the molecule is CCCP(=S)(CCC)C([Si](C)(C)C)[Si](C)(C)C. The highest BCUT2D eigenvalue weighted by Crippen LogP contribution is 2.58. The van der Waals surface area contributed by atoms with Gasteiger partial charge in [0.15, 0.2) is 0 Å². The van der Waals surface area contributed by atoms with Crippen molar-refractivity contribution in [2.75, 3.05) is 12.3 Å². The molecule has 0 atom stereocenters. The highest BCUT2D eigenvalue weighted by molar-refractivity contribution is 8.16. The summed E-state index contributed by atoms with van der Waals surface area (Å²) in [5.74, 6) is 0. The molecule has 0 bridgehead atoms. The van der Waals surface area contributed by atoms with Crippen LogP contribution >= 0.6 is 6.04 Å². The molecule has 0 spiro atoms. The van der Waals surface area contributed by atoms with Crippen LogP contribution in [-0.4, -0.2) is 33.4 Å². The molecule has 104 valence electrons. The maximum atomic E-state index is 6.30. The molecule has 4 heteroatoms. The first-order chi connectivity index (χ1) is 7.49. The van der Waals surface area contributed by atoms with Gasteiger partial charge in [0, 0.05) is 0 Å². The molecule has 0 aliphatic carbocycles. The van der Waals surface area contributed by atoms with E-state index in [0.29, 0.717) is 0 Å². The molecular weight excluding hydrogens is 275 g/mol. The third-order valence-corrected chi connectivity index (χ3v) is 25.6. The van der Waals surface area contributed by atoms with E-state index in [1.807, 2.05) is 0 Å². The van der Waals surface area contributed by atoms with Crippen LogP contribution in [0.3, 0.4) is 0 Å². The zero-order valence-electron chi connectivity index (χ0n) is 13.3. The summed E-state index contributed by atoms with van der Waals surface area (Å²) in [6, 6.07) is -1.12. The smallest absolute Gasteiger partial charge is 0.0501 e. The van der Waals surface area contributed by atoms with Gasteiger partial charge in [-0.25, -0.2) is 0 Å². The van der Waals surface area contributed by atoms with Gasteiger partial charge in [0.2, 0.25) is 0 Å². The summed E-state index contributed by atoms with van der Waals surface area (Å²) in [7, 11) is -2.25. The fourth-order valence-electron chi connectivity index (χ4n) is 3.84. The molecule has 0 amide bonds. The van der Waals surface area contributed by atoms with Crippen molar-refractivity contribution < 1.29 is 0 Å². The maximum Gasteiger partial charge on any atom is 0.0501 e. The zero-order valence-corrected chi connectivity index (χ0v) is 17.0. The van der Waals surface area contributed by atoms with Crippen molar-refractivity contribution in [1.29, 1.82) is 0 Å². The quantitative estimate of drug-likeness (QED) is 0.447. The molecule has 0 fully saturated rings. The van der Waals surface area contributed by atoms with E-state index in [4.69, 9.17) is 11.8 Å². The number of hydrogen-bond donors (Lipinski definition) is 0. The summed E-state index contributed by atoms with van der Waals surface area (Å²) in [5.41, 5.74) is 0. The minimum atomic E-state index is -1.13. The molecule has 0 aromatic rings. The van der Waals surface area contributed by atoms with E-state index in [-0.39, 0.29) is 0 Å². The maximum absolute atomic E-state index is 6.30. The lowest BCUT2D eigenvalue weighted by atomic mass is 10.6. The summed E-state index contributed by atoms with van der Waals surface area (Å²) in [6.45, 7) is 20.0. The van der Waals surface area contributed by atoms with Crippen LogP contribution in [-0.2, 0) is 11.8 Å². The average Bonchev–Trinajstić information content (AvgIpc) is 1.97. The number of rotatable bonds is 7. The second-order valence-corrected chi connectivity index (χ2v) is 25.2. The van der Waals surface area contributed by atoms with Gasteiger partial charge in [0.25, 0.3) is 0 Å². The van der Waals surface area contributed by atoms with Crippen LogP contribution in [0.15, 0.2) is 0 Å². The van der Waals surface area contributed by atoms with Crippen LogP contribution in [0.4, 0.5) is 0 Å². The van der Waals surface area contributed by atoms with E-state index in [1.165, 1.54) is 25.2 Å². The van der Waals surface area contributed by atoms with Crippen LogP contribution in [0.1, 0.15) is 26.7 Å². The van der Waals surface area contributed by atoms with E-state index in [2.05, 4.69) is 53.1 Å². The van der Waals surface area contributed by atoms with Crippen LogP contribution in [0, 0.1) is 0 Å². The molecule has 0 aromatic carbocycles. The molecule has 17 heavy (non-hydrogen) atoms. The summed E-state index contributed by atoms with van der Waals surface area (Å²) in [6.07, 6.45) is 5.30. The van der Waals surface area contributed by atoms with Gasteiger partial charge in [-0.1, -0.05) is 77.8 Å². The van der Waals surface area contributed by atoms with Crippen LogP contribution in [0.2, 0.25) is 39.3 Å². The van der Waals surface area contributed by atoms with Gasteiger partial charge in [-0.15, -0.1) is 0 Å². The lowest BCUT2D eigenvalue weighted by molar-refractivity contribution is 1.04. The van der Waals surface area contributed by atoms with E-state index in [9.17, 15) is 0 Å². The summed E-state index contributed by atoms with van der Waals surface area (Å²) in [5, 5.41) is 0. The summed E-state index contributed by atoms with van der Waals surface area (Å²) in [4.78, 5) is 0.970. The molecule has 0 heterocycles. The Bertz CT molecular complexity index is 252. The lowest BCUT2D eigenvalue weighted by Gasteiger charge is -2.46. The largest absolute Gasteiger partial charge is 0.0978 e. The molecule has 0 saturated carbocycles. The standard InChI is InChI=1S/C13H33PSSi2/c1-9-11-14(15,12-10-2)13(16(3,4)5)17(6,7)8/h13H,9-12H2,1-8H3. The molecule has 0 N–H and O–H groups in total. The average molecular weight is 309 g/mol. The molecule has 0 saturated heterocycles. The molecular formula is C13H33PSSi2. The fourth-order valence-corrected chi connectivity index (χ4v) is 36.1. The Balaban J connectivity index is 5.47. The fraction of sp³-hybridized carbons (Fsp3) is 1.00. The van der Waals surface area contributed by atoms with Gasteiger partial charge >= 0.3 is 0 Å². The van der Waals surface area contributed by atoms with Gasteiger partial charge in [0.05, 0.1) is 16.1 Å². The highest BCUT2D eigenvalue weighted by Gasteiger charge is 2.45. The lowest BCUT2D eigenvalue weighted by Crippen LogP contribution is -2.54. The van der Waals surface area contributed by atoms with E-state index >= 15 is 0 Å². The Morgan fingerprint density at radius 2 is 1.12 bits per heavy atom. The van der Waals surface area contributed by atoms with Gasteiger partial charge in [-0.2, -0.15) is 0 Å². The molecule has 0 aliphatic heterocycles. The van der Waals surface area contributed by atoms with E-state index < -0.39 is 22.2 Å². The second kappa shape index (κ2) is 6.50. The van der Waals surface area contributed by atoms with Gasteiger partial charge in [0.1, 0.15) is 0 Å². The van der Waals surface area contributed by atoms with Crippen molar-refractivity contribution in [2.45, 2.75) is 70.9 Å². The predicted octanol–water partition coefficient (Wildman–Crippen LogP) is 5.41. The Morgan fingerprint density at radius 1 is 0.824 bits per heavy atom. The summed E-state index contributed by atoms with van der Waals surface area (Å²) < 4.78 is 0. The van der Waals surface area contributed by atoms with Gasteiger partial charge in [-0.3, -0.25) is 0 Å². The highest BCUT2D eigenvalue weighted by atomic mass is 32.4. The normalized spacial score (nSPS) is 14.4. The Kier molecular flexibility index (Phi) is 6.91. The van der Waals surface area contributed by atoms with Crippen molar-refractivity contribution in [2.24, 2.45) is 0 Å². The molecule has 0 rings (SSSR count). The van der Waals surface area contributed by atoms with E-state index in [0.717, 1.165) is 4.91 Å². The monoisotopic (exact) mass is 308 g/mol. The third kappa shape index (κ3) is 5.30.